The van der Waals surface area contributed by atoms with Gasteiger partial charge in [-0.3, -0.25) is 4.79 Å². The highest BCUT2D eigenvalue weighted by Crippen LogP contribution is 2.27. The molecule has 0 bridgehead atoms. The summed E-state index contributed by atoms with van der Waals surface area (Å²) in [4.78, 5) is 15.7. The molecule has 3 N–H and O–H groups in total. The lowest BCUT2D eigenvalue weighted by molar-refractivity contribution is 0.0945. The molecule has 0 saturated heterocycles. The Labute approximate surface area is 110 Å². The highest BCUT2D eigenvalue weighted by Gasteiger charge is 2.15. The van der Waals surface area contributed by atoms with E-state index < -0.39 is 5.91 Å². The number of hydrogen-bond donors (Lipinski definition) is 3. The number of nitrogens with zero attached hydrogens (tertiary/aromatic N) is 1. The van der Waals surface area contributed by atoms with Gasteiger partial charge in [-0.2, -0.15) is 0 Å². The van der Waals surface area contributed by atoms with Crippen molar-refractivity contribution in [2.45, 2.75) is 6.92 Å². The molecular formula is C14H14N2O3. The number of pyridine rings is 1. The molecule has 1 amide bonds. The Hall–Kier alpha value is -2.56. The van der Waals surface area contributed by atoms with Gasteiger partial charge >= 0.3 is 0 Å². The zero-order chi connectivity index (χ0) is 14.0. The van der Waals surface area contributed by atoms with Crippen LogP contribution in [0, 0.1) is 6.92 Å². The molecule has 1 heterocycles. The predicted octanol–water partition coefficient (Wildman–Crippen LogP) is 2.05. The van der Waals surface area contributed by atoms with Crippen LogP contribution in [0.1, 0.15) is 16.1 Å². The molecule has 0 atom stereocenters. The van der Waals surface area contributed by atoms with Gasteiger partial charge < -0.3 is 15.5 Å². The Kier molecular flexibility index (Phi) is 3.37. The van der Waals surface area contributed by atoms with E-state index in [1.165, 1.54) is 6.20 Å². The molecule has 0 aliphatic carbocycles. The maximum Gasteiger partial charge on any atom is 0.274 e. The Morgan fingerprint density at radius 1 is 1.47 bits per heavy atom. The number of aromatic hydroxyl groups is 1. The Morgan fingerprint density at radius 3 is 2.89 bits per heavy atom. The highest BCUT2D eigenvalue weighted by atomic mass is 16.3. The normalized spacial score (nSPS) is 10.4. The van der Waals surface area contributed by atoms with Crippen LogP contribution in [0.2, 0.25) is 0 Å². The molecule has 5 nitrogen and oxygen atoms in total. The van der Waals surface area contributed by atoms with Gasteiger partial charge in [0.25, 0.3) is 5.91 Å². The SMILES string of the molecule is C=C(O)CNC(=O)c1ncc2cc(C)ccc2c1O. The average molecular weight is 258 g/mol. The van der Waals surface area contributed by atoms with Crippen LogP contribution in [0.4, 0.5) is 0 Å². The number of aliphatic hydroxyl groups excluding tert-OH is 1. The van der Waals surface area contributed by atoms with Crippen molar-refractivity contribution in [3.8, 4) is 5.75 Å². The van der Waals surface area contributed by atoms with E-state index in [9.17, 15) is 9.90 Å². The molecule has 2 rings (SSSR count). The third-order valence-corrected chi connectivity index (χ3v) is 2.69. The van der Waals surface area contributed by atoms with Gasteiger partial charge in [0, 0.05) is 17.0 Å². The monoisotopic (exact) mass is 258 g/mol. The minimum atomic E-state index is -0.560. The lowest BCUT2D eigenvalue weighted by Gasteiger charge is -2.08. The topological polar surface area (TPSA) is 82.5 Å². The molecule has 0 spiro atoms. The second-order valence-corrected chi connectivity index (χ2v) is 4.30. The highest BCUT2D eigenvalue weighted by molar-refractivity contribution is 6.01. The Bertz CT molecular complexity index is 665. The van der Waals surface area contributed by atoms with Crippen LogP contribution < -0.4 is 5.32 Å². The molecule has 0 saturated carbocycles. The maximum absolute atomic E-state index is 11.8. The molecule has 0 aliphatic rings. The Balaban J connectivity index is 2.40. The van der Waals surface area contributed by atoms with Crippen LogP contribution in [-0.2, 0) is 0 Å². The molecule has 98 valence electrons. The quantitative estimate of drug-likeness (QED) is 0.736. The number of carbonyl (C=O) groups is 1. The largest absolute Gasteiger partial charge is 0.511 e. The molecule has 0 aliphatic heterocycles. The molecule has 0 unspecified atom stereocenters. The summed E-state index contributed by atoms with van der Waals surface area (Å²) in [5.41, 5.74) is 0.972. The van der Waals surface area contributed by atoms with Crippen LogP contribution in [-0.4, -0.2) is 27.6 Å². The van der Waals surface area contributed by atoms with Crippen molar-refractivity contribution in [1.29, 1.82) is 0 Å². The first-order valence-electron chi connectivity index (χ1n) is 5.72. The maximum atomic E-state index is 11.8. The summed E-state index contributed by atoms with van der Waals surface area (Å²) in [5, 5.41) is 22.7. The van der Waals surface area contributed by atoms with Crippen molar-refractivity contribution in [2.75, 3.05) is 6.54 Å². The van der Waals surface area contributed by atoms with E-state index >= 15 is 0 Å². The van der Waals surface area contributed by atoms with E-state index in [1.807, 2.05) is 19.1 Å². The van der Waals surface area contributed by atoms with Gasteiger partial charge in [0.1, 0.15) is 5.76 Å². The fourth-order valence-electron chi connectivity index (χ4n) is 1.76. The van der Waals surface area contributed by atoms with Gasteiger partial charge in [-0.25, -0.2) is 4.98 Å². The smallest absolute Gasteiger partial charge is 0.274 e. The zero-order valence-electron chi connectivity index (χ0n) is 10.5. The summed E-state index contributed by atoms with van der Waals surface area (Å²) in [6.45, 7) is 5.12. The van der Waals surface area contributed by atoms with Crippen molar-refractivity contribution >= 4 is 16.7 Å². The average Bonchev–Trinajstić information content (AvgIpc) is 2.36. The van der Waals surface area contributed by atoms with E-state index in [0.29, 0.717) is 5.39 Å². The van der Waals surface area contributed by atoms with Gasteiger partial charge in [0.2, 0.25) is 0 Å². The summed E-state index contributed by atoms with van der Waals surface area (Å²) in [5.74, 6) is -0.891. The van der Waals surface area contributed by atoms with E-state index in [-0.39, 0.29) is 23.7 Å². The molecular weight excluding hydrogens is 244 g/mol. The van der Waals surface area contributed by atoms with E-state index in [0.717, 1.165) is 10.9 Å². The first-order valence-corrected chi connectivity index (χ1v) is 5.72. The van der Waals surface area contributed by atoms with Crippen LogP contribution in [0.5, 0.6) is 5.75 Å². The number of carbonyl (C=O) groups excluding carboxylic acids is 1. The molecule has 1 aromatic heterocycles. The lowest BCUT2D eigenvalue weighted by atomic mass is 10.1. The van der Waals surface area contributed by atoms with E-state index in [4.69, 9.17) is 5.11 Å². The van der Waals surface area contributed by atoms with Gasteiger partial charge in [-0.1, -0.05) is 24.3 Å². The second-order valence-electron chi connectivity index (χ2n) is 4.30. The number of nitrogens with one attached hydrogen (secondary N) is 1. The second kappa shape index (κ2) is 4.97. The minimum absolute atomic E-state index is 0.0717. The standard InChI is InChI=1S/C14H14N2O3/c1-8-3-4-11-10(5-8)7-15-12(13(11)18)14(19)16-6-9(2)17/h3-5,7,17-18H,2,6H2,1H3,(H,16,19). The first-order chi connectivity index (χ1) is 8.99. The van der Waals surface area contributed by atoms with Crippen LogP contribution in [0.25, 0.3) is 10.8 Å². The van der Waals surface area contributed by atoms with Crippen molar-refractivity contribution in [1.82, 2.24) is 10.3 Å². The van der Waals surface area contributed by atoms with E-state index in [1.54, 1.807) is 6.07 Å². The number of benzene rings is 1. The number of hydrogen-bond acceptors (Lipinski definition) is 4. The van der Waals surface area contributed by atoms with Crippen LogP contribution >= 0.6 is 0 Å². The van der Waals surface area contributed by atoms with Gasteiger partial charge in [0.05, 0.1) is 6.54 Å². The number of aromatic nitrogens is 1. The van der Waals surface area contributed by atoms with Crippen molar-refractivity contribution in [3.05, 3.63) is 48.0 Å². The van der Waals surface area contributed by atoms with Crippen molar-refractivity contribution < 1.29 is 15.0 Å². The van der Waals surface area contributed by atoms with Crippen LogP contribution in [0.3, 0.4) is 0 Å². The molecule has 1 aromatic carbocycles. The number of aliphatic hydroxyl groups is 1. The van der Waals surface area contributed by atoms with Gasteiger partial charge in [0.15, 0.2) is 11.4 Å². The number of rotatable bonds is 3. The molecule has 2 aromatic rings. The summed E-state index contributed by atoms with van der Waals surface area (Å²) in [7, 11) is 0. The van der Waals surface area contributed by atoms with Gasteiger partial charge in [-0.05, 0) is 13.0 Å². The molecule has 19 heavy (non-hydrogen) atoms. The lowest BCUT2D eigenvalue weighted by Crippen LogP contribution is -2.26. The fraction of sp³-hybridized carbons (Fsp3) is 0.143. The van der Waals surface area contributed by atoms with E-state index in [2.05, 4.69) is 16.9 Å². The first kappa shape index (κ1) is 12.9. The summed E-state index contributed by atoms with van der Waals surface area (Å²) >= 11 is 0. The Morgan fingerprint density at radius 2 is 2.21 bits per heavy atom. The number of amides is 1. The van der Waals surface area contributed by atoms with Crippen molar-refractivity contribution in [2.24, 2.45) is 0 Å². The summed E-state index contributed by atoms with van der Waals surface area (Å²) in [6.07, 6.45) is 1.53. The fourth-order valence-corrected chi connectivity index (χ4v) is 1.76. The summed E-state index contributed by atoms with van der Waals surface area (Å²) in [6, 6.07) is 5.46. The van der Waals surface area contributed by atoms with Crippen LogP contribution in [0.15, 0.2) is 36.7 Å². The third kappa shape index (κ3) is 2.65. The molecule has 0 radical (unpaired) electrons. The molecule has 0 fully saturated rings. The van der Waals surface area contributed by atoms with Gasteiger partial charge in [-0.15, -0.1) is 0 Å². The molecule has 5 heteroatoms. The minimum Gasteiger partial charge on any atom is -0.511 e. The predicted molar refractivity (Wildman–Crippen MR) is 72.2 cm³/mol. The summed E-state index contributed by atoms with van der Waals surface area (Å²) < 4.78 is 0. The number of aryl methyl sites for hydroxylation is 1. The van der Waals surface area contributed by atoms with Crippen molar-refractivity contribution in [3.63, 3.8) is 0 Å². The zero-order valence-corrected chi connectivity index (χ0v) is 10.5. The number of fused-ring (bicyclic) bond motifs is 1. The third-order valence-electron chi connectivity index (χ3n) is 2.69.